The van der Waals surface area contributed by atoms with E-state index in [1.807, 2.05) is 13.8 Å². The Bertz CT molecular complexity index is 354. The Balaban J connectivity index is 2.59. The van der Waals surface area contributed by atoms with E-state index in [1.165, 1.54) is 12.1 Å². The number of hydrogen-bond acceptors (Lipinski definition) is 3. The number of ether oxygens (including phenoxy) is 2. The van der Waals surface area contributed by atoms with Crippen LogP contribution in [0.5, 0.6) is 5.75 Å². The first-order chi connectivity index (χ1) is 7.44. The van der Waals surface area contributed by atoms with Gasteiger partial charge in [0.2, 0.25) is 0 Å². The fourth-order valence-electron chi connectivity index (χ4n) is 1.01. The second-order valence-corrected chi connectivity index (χ2v) is 4.08. The average Bonchev–Trinajstić information content (AvgIpc) is 2.27. The van der Waals surface area contributed by atoms with E-state index in [0.29, 0.717) is 12.4 Å². The van der Waals surface area contributed by atoms with Crippen LogP contribution in [0.4, 0.5) is 0 Å². The number of rotatable bonds is 5. The van der Waals surface area contributed by atoms with Crippen molar-refractivity contribution in [1.29, 1.82) is 0 Å². The number of carboxylic acid groups (broad SMARTS) is 1. The topological polar surface area (TPSA) is 55.8 Å². The van der Waals surface area contributed by atoms with Gasteiger partial charge in [0.25, 0.3) is 0 Å². The van der Waals surface area contributed by atoms with Crippen LogP contribution in [0, 0.1) is 0 Å². The minimum absolute atomic E-state index is 0.248. The van der Waals surface area contributed by atoms with Gasteiger partial charge in [0.1, 0.15) is 12.4 Å². The molecule has 0 aromatic heterocycles. The molecule has 1 aromatic carbocycles. The monoisotopic (exact) mass is 224 g/mol. The van der Waals surface area contributed by atoms with E-state index in [4.69, 9.17) is 14.6 Å². The van der Waals surface area contributed by atoms with Gasteiger partial charge in [-0.1, -0.05) is 0 Å². The van der Waals surface area contributed by atoms with Gasteiger partial charge < -0.3 is 14.6 Å². The predicted molar refractivity (Wildman–Crippen MR) is 60.0 cm³/mol. The Kier molecular flexibility index (Phi) is 3.90. The molecule has 0 spiro atoms. The number of carboxylic acids is 1. The number of carbonyl (C=O) groups is 1. The summed E-state index contributed by atoms with van der Waals surface area (Å²) >= 11 is 0. The molecule has 16 heavy (non-hydrogen) atoms. The summed E-state index contributed by atoms with van der Waals surface area (Å²) in [4.78, 5) is 10.6. The van der Waals surface area contributed by atoms with Gasteiger partial charge in [-0.05, 0) is 38.1 Å². The lowest BCUT2D eigenvalue weighted by Gasteiger charge is -2.22. The minimum atomic E-state index is -0.941. The first-order valence-electron chi connectivity index (χ1n) is 4.96. The number of benzene rings is 1. The molecule has 1 rings (SSSR count). The average molecular weight is 224 g/mol. The highest BCUT2D eigenvalue weighted by atomic mass is 16.5. The van der Waals surface area contributed by atoms with Crippen molar-refractivity contribution in [3.05, 3.63) is 29.8 Å². The molecule has 0 aliphatic rings. The Morgan fingerprint density at radius 1 is 1.31 bits per heavy atom. The highest BCUT2D eigenvalue weighted by Crippen LogP contribution is 2.15. The number of methoxy groups -OCH3 is 1. The van der Waals surface area contributed by atoms with Gasteiger partial charge in [-0.2, -0.15) is 0 Å². The summed E-state index contributed by atoms with van der Waals surface area (Å²) in [7, 11) is 1.62. The van der Waals surface area contributed by atoms with Crippen LogP contribution in [-0.4, -0.2) is 30.4 Å². The molecular formula is C12H16O4. The summed E-state index contributed by atoms with van der Waals surface area (Å²) in [6.45, 7) is 4.24. The van der Waals surface area contributed by atoms with Gasteiger partial charge in [0.05, 0.1) is 11.2 Å². The third-order valence-corrected chi connectivity index (χ3v) is 2.24. The molecule has 1 aromatic rings. The zero-order valence-electron chi connectivity index (χ0n) is 9.69. The van der Waals surface area contributed by atoms with Crippen LogP contribution in [0.1, 0.15) is 24.2 Å². The molecule has 0 bridgehead atoms. The standard InChI is InChI=1S/C12H16O4/c1-12(2,15-3)8-16-10-6-4-9(5-7-10)11(13)14/h4-7H,8H2,1-3H3,(H,13,14). The predicted octanol–water partition coefficient (Wildman–Crippen LogP) is 2.19. The quantitative estimate of drug-likeness (QED) is 0.832. The number of hydrogen-bond donors (Lipinski definition) is 1. The summed E-state index contributed by atoms with van der Waals surface area (Å²) in [5, 5.41) is 8.71. The van der Waals surface area contributed by atoms with Crippen molar-refractivity contribution in [3.8, 4) is 5.75 Å². The molecule has 0 unspecified atom stereocenters. The highest BCUT2D eigenvalue weighted by Gasteiger charge is 2.17. The van der Waals surface area contributed by atoms with Crippen molar-refractivity contribution in [3.63, 3.8) is 0 Å². The summed E-state index contributed by atoms with van der Waals surface area (Å²) < 4.78 is 10.7. The van der Waals surface area contributed by atoms with E-state index >= 15 is 0 Å². The lowest BCUT2D eigenvalue weighted by molar-refractivity contribution is -0.0146. The first-order valence-corrected chi connectivity index (χ1v) is 4.96. The zero-order chi connectivity index (χ0) is 12.2. The van der Waals surface area contributed by atoms with Crippen molar-refractivity contribution < 1.29 is 19.4 Å². The van der Waals surface area contributed by atoms with Crippen molar-refractivity contribution in [2.45, 2.75) is 19.4 Å². The van der Waals surface area contributed by atoms with Gasteiger partial charge in [-0.3, -0.25) is 0 Å². The molecule has 4 heteroatoms. The molecule has 0 saturated carbocycles. The zero-order valence-corrected chi connectivity index (χ0v) is 9.69. The first kappa shape index (κ1) is 12.5. The van der Waals surface area contributed by atoms with Gasteiger partial charge >= 0.3 is 5.97 Å². The van der Waals surface area contributed by atoms with Crippen LogP contribution in [0.2, 0.25) is 0 Å². The third kappa shape index (κ3) is 3.55. The Hall–Kier alpha value is -1.55. The summed E-state index contributed by atoms with van der Waals surface area (Å²) in [5.74, 6) is -0.307. The molecule has 0 heterocycles. The Morgan fingerprint density at radius 3 is 2.31 bits per heavy atom. The largest absolute Gasteiger partial charge is 0.491 e. The maximum atomic E-state index is 10.6. The lowest BCUT2D eigenvalue weighted by atomic mass is 10.1. The smallest absolute Gasteiger partial charge is 0.335 e. The van der Waals surface area contributed by atoms with Crippen molar-refractivity contribution in [2.75, 3.05) is 13.7 Å². The summed E-state index contributed by atoms with van der Waals surface area (Å²) in [6, 6.07) is 6.29. The van der Waals surface area contributed by atoms with Gasteiger partial charge in [-0.25, -0.2) is 4.79 Å². The van der Waals surface area contributed by atoms with E-state index in [2.05, 4.69) is 0 Å². The molecule has 1 N–H and O–H groups in total. The molecule has 0 atom stereocenters. The summed E-state index contributed by atoms with van der Waals surface area (Å²) in [5.41, 5.74) is -0.107. The lowest BCUT2D eigenvalue weighted by Crippen LogP contribution is -2.30. The van der Waals surface area contributed by atoms with Crippen LogP contribution < -0.4 is 4.74 Å². The fourth-order valence-corrected chi connectivity index (χ4v) is 1.01. The fraction of sp³-hybridized carbons (Fsp3) is 0.417. The van der Waals surface area contributed by atoms with Crippen molar-refractivity contribution in [1.82, 2.24) is 0 Å². The van der Waals surface area contributed by atoms with E-state index in [-0.39, 0.29) is 11.2 Å². The van der Waals surface area contributed by atoms with E-state index in [1.54, 1.807) is 19.2 Å². The van der Waals surface area contributed by atoms with E-state index in [9.17, 15) is 4.79 Å². The molecule has 88 valence electrons. The molecule has 0 aliphatic heterocycles. The highest BCUT2D eigenvalue weighted by molar-refractivity contribution is 5.87. The molecule has 0 fully saturated rings. The normalized spacial score (nSPS) is 11.2. The molecule has 0 saturated heterocycles. The molecule has 0 aliphatic carbocycles. The molecule has 0 radical (unpaired) electrons. The van der Waals surface area contributed by atoms with Crippen molar-refractivity contribution in [2.24, 2.45) is 0 Å². The van der Waals surface area contributed by atoms with Crippen LogP contribution in [0.15, 0.2) is 24.3 Å². The van der Waals surface area contributed by atoms with Crippen LogP contribution >= 0.6 is 0 Å². The van der Waals surface area contributed by atoms with Crippen LogP contribution in [0.3, 0.4) is 0 Å². The maximum Gasteiger partial charge on any atom is 0.335 e. The second-order valence-electron chi connectivity index (χ2n) is 4.08. The molecular weight excluding hydrogens is 208 g/mol. The van der Waals surface area contributed by atoms with Crippen molar-refractivity contribution >= 4 is 5.97 Å². The third-order valence-electron chi connectivity index (χ3n) is 2.24. The van der Waals surface area contributed by atoms with Gasteiger partial charge in [-0.15, -0.1) is 0 Å². The second kappa shape index (κ2) is 4.99. The minimum Gasteiger partial charge on any atom is -0.491 e. The SMILES string of the molecule is COC(C)(C)COc1ccc(C(=O)O)cc1. The van der Waals surface area contributed by atoms with Gasteiger partial charge in [0, 0.05) is 7.11 Å². The van der Waals surface area contributed by atoms with E-state index in [0.717, 1.165) is 0 Å². The summed E-state index contributed by atoms with van der Waals surface area (Å²) in [6.07, 6.45) is 0. The maximum absolute atomic E-state index is 10.6. The molecule has 0 amide bonds. The molecule has 4 nitrogen and oxygen atoms in total. The van der Waals surface area contributed by atoms with E-state index < -0.39 is 5.97 Å². The Labute approximate surface area is 94.8 Å². The van der Waals surface area contributed by atoms with Crippen LogP contribution in [-0.2, 0) is 4.74 Å². The number of aromatic carboxylic acids is 1. The van der Waals surface area contributed by atoms with Gasteiger partial charge in [0.15, 0.2) is 0 Å². The van der Waals surface area contributed by atoms with Crippen LogP contribution in [0.25, 0.3) is 0 Å². The Morgan fingerprint density at radius 2 is 1.88 bits per heavy atom.